The van der Waals surface area contributed by atoms with E-state index in [4.69, 9.17) is 0 Å². The molecule has 0 saturated carbocycles. The van der Waals surface area contributed by atoms with Gasteiger partial charge in [0.1, 0.15) is 0 Å². The molecule has 0 aromatic heterocycles. The summed E-state index contributed by atoms with van der Waals surface area (Å²) in [7, 11) is 2.21. The summed E-state index contributed by atoms with van der Waals surface area (Å²) in [4.78, 5) is 0. The Morgan fingerprint density at radius 1 is 0.667 bits per heavy atom. The van der Waals surface area contributed by atoms with Crippen molar-refractivity contribution in [3.63, 3.8) is 0 Å². The van der Waals surface area contributed by atoms with Crippen molar-refractivity contribution in [3.05, 3.63) is 0 Å². The van der Waals surface area contributed by atoms with E-state index in [0.29, 0.717) is 6.73 Å². The molecule has 1 N–H and O–H groups in total. The first kappa shape index (κ1) is 17.9. The highest BCUT2D eigenvalue weighted by atomic mass is 16.3. The number of aliphatic hydroxyl groups is 1. The van der Waals surface area contributed by atoms with Gasteiger partial charge in [0, 0.05) is 0 Å². The molecule has 0 aromatic rings. The molecule has 0 aliphatic rings. The van der Waals surface area contributed by atoms with Crippen LogP contribution in [0.3, 0.4) is 0 Å². The summed E-state index contributed by atoms with van der Waals surface area (Å²) in [5, 5.41) is 9.55. The quantitative estimate of drug-likeness (QED) is 0.296. The van der Waals surface area contributed by atoms with E-state index >= 15 is 0 Å². The van der Waals surface area contributed by atoms with Crippen LogP contribution in [0.5, 0.6) is 0 Å². The van der Waals surface area contributed by atoms with Gasteiger partial charge >= 0.3 is 0 Å². The Balaban J connectivity index is 3.58. The van der Waals surface area contributed by atoms with Gasteiger partial charge in [-0.2, -0.15) is 0 Å². The molecule has 0 saturated heterocycles. The van der Waals surface area contributed by atoms with Gasteiger partial charge in [0.25, 0.3) is 0 Å². The number of quaternary nitrogens is 1. The van der Waals surface area contributed by atoms with Gasteiger partial charge in [-0.25, -0.2) is 0 Å². The molecule has 1 unspecified atom stereocenters. The summed E-state index contributed by atoms with van der Waals surface area (Å²) in [5.41, 5.74) is 0. The third kappa shape index (κ3) is 9.90. The topological polar surface area (TPSA) is 20.2 Å². The SMILES string of the molecule is CCCCCCCC[N+](C)(CO)CCCCCC. The summed E-state index contributed by atoms with van der Waals surface area (Å²) >= 11 is 0. The molecule has 0 aliphatic carbocycles. The van der Waals surface area contributed by atoms with Crippen LogP contribution in [0.2, 0.25) is 0 Å². The highest BCUT2D eigenvalue weighted by molar-refractivity contribution is 4.46. The van der Waals surface area contributed by atoms with E-state index < -0.39 is 0 Å². The number of hydrogen-bond acceptors (Lipinski definition) is 1. The predicted molar refractivity (Wildman–Crippen MR) is 80.5 cm³/mol. The van der Waals surface area contributed by atoms with Crippen LogP contribution in [0.25, 0.3) is 0 Å². The molecule has 0 bridgehead atoms. The van der Waals surface area contributed by atoms with E-state index in [9.17, 15) is 5.11 Å². The van der Waals surface area contributed by atoms with Crippen LogP contribution < -0.4 is 0 Å². The lowest BCUT2D eigenvalue weighted by atomic mass is 10.1. The minimum atomic E-state index is 0.307. The van der Waals surface area contributed by atoms with Crippen LogP contribution in [0.4, 0.5) is 0 Å². The molecule has 0 rings (SSSR count). The molecular formula is C16H36NO+. The summed E-state index contributed by atoms with van der Waals surface area (Å²) in [5.74, 6) is 0. The number of nitrogens with zero attached hydrogens (tertiary/aromatic N) is 1. The van der Waals surface area contributed by atoms with Crippen molar-refractivity contribution in [2.24, 2.45) is 0 Å². The number of rotatable bonds is 13. The first-order valence-corrected chi connectivity index (χ1v) is 8.13. The summed E-state index contributed by atoms with van der Waals surface area (Å²) in [6.45, 7) is 7.10. The molecule has 2 heteroatoms. The van der Waals surface area contributed by atoms with Crippen molar-refractivity contribution in [2.75, 3.05) is 26.9 Å². The highest BCUT2D eigenvalue weighted by Gasteiger charge is 2.18. The van der Waals surface area contributed by atoms with Gasteiger partial charge in [0.2, 0.25) is 0 Å². The van der Waals surface area contributed by atoms with Crippen LogP contribution >= 0.6 is 0 Å². The van der Waals surface area contributed by atoms with Crippen LogP contribution in [0, 0.1) is 0 Å². The number of unbranched alkanes of at least 4 members (excludes halogenated alkanes) is 8. The third-order valence-corrected chi connectivity index (χ3v) is 3.94. The normalized spacial score (nSPS) is 14.7. The van der Waals surface area contributed by atoms with Gasteiger partial charge < -0.3 is 9.59 Å². The lowest BCUT2D eigenvalue weighted by Gasteiger charge is -2.32. The van der Waals surface area contributed by atoms with Crippen LogP contribution in [-0.2, 0) is 0 Å². The zero-order valence-corrected chi connectivity index (χ0v) is 13.1. The lowest BCUT2D eigenvalue weighted by Crippen LogP contribution is -2.46. The van der Waals surface area contributed by atoms with Gasteiger partial charge in [-0.3, -0.25) is 0 Å². The molecule has 0 aliphatic heterocycles. The largest absolute Gasteiger partial charge is 0.347 e. The van der Waals surface area contributed by atoms with E-state index in [2.05, 4.69) is 20.9 Å². The van der Waals surface area contributed by atoms with Gasteiger partial charge in [0.05, 0.1) is 20.1 Å². The second-order valence-electron chi connectivity index (χ2n) is 6.04. The van der Waals surface area contributed by atoms with Crippen molar-refractivity contribution in [1.29, 1.82) is 0 Å². The first-order valence-electron chi connectivity index (χ1n) is 8.13. The second kappa shape index (κ2) is 12.0. The van der Waals surface area contributed by atoms with Crippen LogP contribution in [0.1, 0.15) is 78.1 Å². The van der Waals surface area contributed by atoms with E-state index in [1.165, 1.54) is 64.2 Å². The Labute approximate surface area is 115 Å². The van der Waals surface area contributed by atoms with Crippen LogP contribution in [-0.4, -0.2) is 36.5 Å². The maximum atomic E-state index is 9.55. The molecule has 0 spiro atoms. The summed E-state index contributed by atoms with van der Waals surface area (Å²) in [6, 6.07) is 0. The monoisotopic (exact) mass is 258 g/mol. The first-order chi connectivity index (χ1) is 8.68. The van der Waals surface area contributed by atoms with Gasteiger partial charge in [-0.15, -0.1) is 0 Å². The Morgan fingerprint density at radius 2 is 1.06 bits per heavy atom. The molecule has 0 fully saturated rings. The van der Waals surface area contributed by atoms with E-state index in [0.717, 1.165) is 17.6 Å². The van der Waals surface area contributed by atoms with Crippen molar-refractivity contribution in [3.8, 4) is 0 Å². The molecule has 0 amide bonds. The summed E-state index contributed by atoms with van der Waals surface area (Å²) in [6.07, 6.45) is 13.3. The fourth-order valence-electron chi connectivity index (χ4n) is 2.45. The Morgan fingerprint density at radius 3 is 1.50 bits per heavy atom. The second-order valence-corrected chi connectivity index (χ2v) is 6.04. The zero-order chi connectivity index (χ0) is 13.7. The van der Waals surface area contributed by atoms with Crippen molar-refractivity contribution < 1.29 is 9.59 Å². The minimum absolute atomic E-state index is 0.307. The molecule has 0 heterocycles. The van der Waals surface area contributed by atoms with Crippen molar-refractivity contribution >= 4 is 0 Å². The fraction of sp³-hybridized carbons (Fsp3) is 1.00. The third-order valence-electron chi connectivity index (χ3n) is 3.94. The van der Waals surface area contributed by atoms with Gasteiger partial charge in [-0.1, -0.05) is 52.4 Å². The number of aliphatic hydroxyl groups excluding tert-OH is 1. The maximum Gasteiger partial charge on any atom is 0.180 e. The predicted octanol–water partition coefficient (Wildman–Crippen LogP) is 4.32. The molecule has 110 valence electrons. The molecule has 0 radical (unpaired) electrons. The van der Waals surface area contributed by atoms with Crippen LogP contribution in [0.15, 0.2) is 0 Å². The Hall–Kier alpha value is -0.0800. The zero-order valence-electron chi connectivity index (χ0n) is 13.1. The summed E-state index contributed by atoms with van der Waals surface area (Å²) < 4.78 is 0.859. The molecule has 18 heavy (non-hydrogen) atoms. The van der Waals surface area contributed by atoms with Crippen molar-refractivity contribution in [2.45, 2.75) is 78.1 Å². The van der Waals surface area contributed by atoms with Crippen molar-refractivity contribution in [1.82, 2.24) is 0 Å². The molecular weight excluding hydrogens is 222 g/mol. The molecule has 2 nitrogen and oxygen atoms in total. The minimum Gasteiger partial charge on any atom is -0.347 e. The molecule has 1 atom stereocenters. The average molecular weight is 258 g/mol. The van der Waals surface area contributed by atoms with Gasteiger partial charge in [-0.05, 0) is 25.7 Å². The average Bonchev–Trinajstić information content (AvgIpc) is 2.39. The van der Waals surface area contributed by atoms with E-state index in [1.807, 2.05) is 0 Å². The fourth-order valence-corrected chi connectivity index (χ4v) is 2.45. The highest BCUT2D eigenvalue weighted by Crippen LogP contribution is 2.11. The molecule has 0 aromatic carbocycles. The smallest absolute Gasteiger partial charge is 0.180 e. The lowest BCUT2D eigenvalue weighted by molar-refractivity contribution is -0.927. The van der Waals surface area contributed by atoms with Gasteiger partial charge in [0.15, 0.2) is 6.73 Å². The standard InChI is InChI=1S/C16H36NO/c1-4-6-8-10-11-13-15-17(3,16-18)14-12-9-7-5-2/h18H,4-16H2,1-3H3/q+1. The van der Waals surface area contributed by atoms with E-state index in [-0.39, 0.29) is 0 Å². The Bertz CT molecular complexity index is 172. The number of hydrogen-bond donors (Lipinski definition) is 1. The Kier molecular flexibility index (Phi) is 11.9. The maximum absolute atomic E-state index is 9.55. The van der Waals surface area contributed by atoms with E-state index in [1.54, 1.807) is 0 Å².